The van der Waals surface area contributed by atoms with Gasteiger partial charge in [0, 0.05) is 64.6 Å². The van der Waals surface area contributed by atoms with E-state index in [4.69, 9.17) is 0 Å². The molecule has 9 heteroatoms. The number of alkyl halides is 3. The molecule has 32 heavy (non-hydrogen) atoms. The maximum absolute atomic E-state index is 13.0. The van der Waals surface area contributed by atoms with Crippen LogP contribution in [0.25, 0.3) is 0 Å². The zero-order valence-corrected chi connectivity index (χ0v) is 17.6. The van der Waals surface area contributed by atoms with Crippen molar-refractivity contribution in [3.05, 3.63) is 65.5 Å². The van der Waals surface area contributed by atoms with Crippen LogP contribution < -0.4 is 0 Å². The largest absolute Gasteiger partial charge is 0.416 e. The molecule has 2 aliphatic heterocycles. The van der Waals surface area contributed by atoms with Crippen molar-refractivity contribution in [2.24, 2.45) is 5.92 Å². The Bertz CT molecular complexity index is 959. The predicted molar refractivity (Wildman–Crippen MR) is 111 cm³/mol. The summed E-state index contributed by atoms with van der Waals surface area (Å²) in [6.07, 6.45) is -0.754. The lowest BCUT2D eigenvalue weighted by atomic mass is 10.1. The first kappa shape index (κ1) is 22.3. The Morgan fingerprint density at radius 3 is 2.47 bits per heavy atom. The highest BCUT2D eigenvalue weighted by Gasteiger charge is 2.37. The van der Waals surface area contributed by atoms with E-state index >= 15 is 0 Å². The molecule has 4 rings (SSSR count). The van der Waals surface area contributed by atoms with Crippen molar-refractivity contribution >= 4 is 11.8 Å². The van der Waals surface area contributed by atoms with Gasteiger partial charge in [-0.1, -0.05) is 18.2 Å². The molecule has 0 unspecified atom stereocenters. The van der Waals surface area contributed by atoms with E-state index in [0.717, 1.165) is 37.3 Å². The third kappa shape index (κ3) is 5.27. The van der Waals surface area contributed by atoms with Crippen LogP contribution in [0.1, 0.15) is 23.1 Å². The van der Waals surface area contributed by atoms with E-state index in [-0.39, 0.29) is 31.3 Å². The van der Waals surface area contributed by atoms with Crippen LogP contribution in [-0.4, -0.2) is 64.2 Å². The molecular formula is C23H25F3N4O2. The standard InChI is InChI=1S/C23H25F3N4O2/c24-23(25,26)20-5-1-3-17(11-20)15-30-16-19(12-21(30)31)22(32)29-9-7-28(8-10-29)14-18-4-2-6-27-13-18/h1-6,11,13,19H,7-10,12,14-16H2/t19-/m0/s1. The Kier molecular flexibility index (Phi) is 6.45. The molecule has 2 aliphatic rings. The molecule has 2 saturated heterocycles. The lowest BCUT2D eigenvalue weighted by Crippen LogP contribution is -2.50. The smallest absolute Gasteiger partial charge is 0.340 e. The summed E-state index contributed by atoms with van der Waals surface area (Å²) in [5.41, 5.74) is 0.794. The zero-order valence-electron chi connectivity index (χ0n) is 17.6. The topological polar surface area (TPSA) is 56.8 Å². The van der Waals surface area contributed by atoms with Gasteiger partial charge in [0.15, 0.2) is 0 Å². The van der Waals surface area contributed by atoms with E-state index in [1.807, 2.05) is 18.3 Å². The number of aromatic nitrogens is 1. The number of benzene rings is 1. The Hall–Kier alpha value is -2.94. The number of hydrogen-bond acceptors (Lipinski definition) is 4. The second kappa shape index (κ2) is 9.28. The molecule has 1 aromatic heterocycles. The second-order valence-corrected chi connectivity index (χ2v) is 8.34. The van der Waals surface area contributed by atoms with Gasteiger partial charge in [-0.15, -0.1) is 0 Å². The van der Waals surface area contributed by atoms with Gasteiger partial charge in [0.25, 0.3) is 0 Å². The Labute approximate surface area is 184 Å². The van der Waals surface area contributed by atoms with Crippen LogP contribution in [0, 0.1) is 5.92 Å². The number of carbonyl (C=O) groups is 2. The Morgan fingerprint density at radius 1 is 1.03 bits per heavy atom. The summed E-state index contributed by atoms with van der Waals surface area (Å²) < 4.78 is 38.8. The molecule has 6 nitrogen and oxygen atoms in total. The minimum Gasteiger partial charge on any atom is -0.340 e. The summed E-state index contributed by atoms with van der Waals surface area (Å²) in [5, 5.41) is 0. The van der Waals surface area contributed by atoms with Crippen LogP contribution in [0.4, 0.5) is 13.2 Å². The van der Waals surface area contributed by atoms with Crippen LogP contribution >= 0.6 is 0 Å². The van der Waals surface area contributed by atoms with Gasteiger partial charge < -0.3 is 9.80 Å². The molecule has 0 spiro atoms. The third-order valence-corrected chi connectivity index (χ3v) is 6.00. The zero-order chi connectivity index (χ0) is 22.7. The van der Waals surface area contributed by atoms with Gasteiger partial charge >= 0.3 is 6.18 Å². The van der Waals surface area contributed by atoms with E-state index < -0.39 is 17.7 Å². The molecule has 2 aromatic rings. The molecule has 170 valence electrons. The number of hydrogen-bond donors (Lipinski definition) is 0. The first-order valence-corrected chi connectivity index (χ1v) is 10.6. The van der Waals surface area contributed by atoms with Crippen molar-refractivity contribution in [3.8, 4) is 0 Å². The number of pyridine rings is 1. The molecular weight excluding hydrogens is 421 g/mol. The summed E-state index contributed by atoms with van der Waals surface area (Å²) in [5.74, 6) is -0.694. The van der Waals surface area contributed by atoms with Crippen LogP contribution in [0.5, 0.6) is 0 Å². The fourth-order valence-electron chi connectivity index (χ4n) is 4.29. The number of halogens is 3. The van der Waals surface area contributed by atoms with Crippen molar-refractivity contribution in [1.29, 1.82) is 0 Å². The fraction of sp³-hybridized carbons (Fsp3) is 0.435. The SMILES string of the molecule is O=C1C[C@H](C(=O)N2CCN(Cc3cccnc3)CC2)CN1Cc1cccc(C(F)(F)F)c1. The maximum Gasteiger partial charge on any atom is 0.416 e. The molecule has 0 radical (unpaired) electrons. The highest BCUT2D eigenvalue weighted by atomic mass is 19.4. The summed E-state index contributed by atoms with van der Waals surface area (Å²) in [7, 11) is 0. The molecule has 2 amide bonds. The van der Waals surface area contributed by atoms with Crippen LogP contribution in [-0.2, 0) is 28.9 Å². The summed E-state index contributed by atoms with van der Waals surface area (Å²) in [6, 6.07) is 8.90. The number of amides is 2. The molecule has 3 heterocycles. The third-order valence-electron chi connectivity index (χ3n) is 6.00. The molecule has 0 aliphatic carbocycles. The van der Waals surface area contributed by atoms with Crippen molar-refractivity contribution < 1.29 is 22.8 Å². The Morgan fingerprint density at radius 2 is 1.78 bits per heavy atom. The number of likely N-dealkylation sites (tertiary alicyclic amines) is 1. The number of carbonyl (C=O) groups excluding carboxylic acids is 2. The average molecular weight is 446 g/mol. The molecule has 2 fully saturated rings. The van der Waals surface area contributed by atoms with Crippen molar-refractivity contribution in [1.82, 2.24) is 19.7 Å². The lowest BCUT2D eigenvalue weighted by molar-refractivity contribution is -0.138. The van der Waals surface area contributed by atoms with Crippen molar-refractivity contribution in [2.45, 2.75) is 25.7 Å². The van der Waals surface area contributed by atoms with Gasteiger partial charge in [-0.3, -0.25) is 19.5 Å². The minimum absolute atomic E-state index is 0.0501. The number of piperazine rings is 1. The van der Waals surface area contributed by atoms with E-state index in [0.29, 0.717) is 18.7 Å². The molecule has 0 N–H and O–H groups in total. The summed E-state index contributed by atoms with van der Waals surface area (Å²) >= 11 is 0. The van der Waals surface area contributed by atoms with E-state index in [1.54, 1.807) is 17.2 Å². The number of rotatable bonds is 5. The molecule has 1 aromatic carbocycles. The normalized spacial score (nSPS) is 20.1. The average Bonchev–Trinajstić information content (AvgIpc) is 3.14. The second-order valence-electron chi connectivity index (χ2n) is 8.34. The first-order chi connectivity index (χ1) is 15.3. The number of nitrogens with zero attached hydrogens (tertiary/aromatic N) is 4. The van der Waals surface area contributed by atoms with E-state index in [1.165, 1.54) is 11.0 Å². The monoisotopic (exact) mass is 446 g/mol. The van der Waals surface area contributed by atoms with Gasteiger partial charge in [0.05, 0.1) is 11.5 Å². The first-order valence-electron chi connectivity index (χ1n) is 10.6. The van der Waals surface area contributed by atoms with Gasteiger partial charge in [-0.05, 0) is 29.3 Å². The van der Waals surface area contributed by atoms with E-state index in [2.05, 4.69) is 9.88 Å². The summed E-state index contributed by atoms with van der Waals surface area (Å²) in [6.45, 7) is 3.77. The maximum atomic E-state index is 13.0. The molecule has 1 atom stereocenters. The van der Waals surface area contributed by atoms with Gasteiger partial charge in [0.2, 0.25) is 11.8 Å². The predicted octanol–water partition coefficient (Wildman–Crippen LogP) is 2.79. The van der Waals surface area contributed by atoms with Gasteiger partial charge in [0.1, 0.15) is 0 Å². The van der Waals surface area contributed by atoms with Gasteiger partial charge in [-0.2, -0.15) is 13.2 Å². The highest BCUT2D eigenvalue weighted by Crippen LogP contribution is 2.30. The molecule has 0 saturated carbocycles. The minimum atomic E-state index is -4.43. The summed E-state index contributed by atoms with van der Waals surface area (Å²) in [4.78, 5) is 35.1. The van der Waals surface area contributed by atoms with Crippen LogP contribution in [0.15, 0.2) is 48.8 Å². The fourth-order valence-corrected chi connectivity index (χ4v) is 4.29. The highest BCUT2D eigenvalue weighted by molar-refractivity contribution is 5.89. The quantitative estimate of drug-likeness (QED) is 0.709. The van der Waals surface area contributed by atoms with Crippen molar-refractivity contribution in [2.75, 3.05) is 32.7 Å². The van der Waals surface area contributed by atoms with Gasteiger partial charge in [-0.25, -0.2) is 0 Å². The van der Waals surface area contributed by atoms with Crippen LogP contribution in [0.3, 0.4) is 0 Å². The van der Waals surface area contributed by atoms with Crippen molar-refractivity contribution in [3.63, 3.8) is 0 Å². The lowest BCUT2D eigenvalue weighted by Gasteiger charge is -2.35. The Balaban J connectivity index is 1.30. The van der Waals surface area contributed by atoms with Crippen LogP contribution in [0.2, 0.25) is 0 Å². The van der Waals surface area contributed by atoms with E-state index in [9.17, 15) is 22.8 Å². The molecule has 0 bridgehead atoms.